The molecule has 0 aromatic heterocycles. The maximum absolute atomic E-state index is 16.1. The molecule has 0 bridgehead atoms. The van der Waals surface area contributed by atoms with E-state index in [1.165, 1.54) is 36.4 Å². The Balaban J connectivity index is 0.783. The zero-order valence-corrected chi connectivity index (χ0v) is 55.4. The maximum atomic E-state index is 16.1. The molecule has 2 aliphatic carbocycles. The van der Waals surface area contributed by atoms with Gasteiger partial charge in [0.2, 0.25) is 0 Å². The number of anilines is 6. The summed E-state index contributed by atoms with van der Waals surface area (Å²) in [6.07, 6.45) is 3.52. The molecule has 2 unspecified atom stereocenters. The zero-order chi connectivity index (χ0) is 70.0. The highest BCUT2D eigenvalue weighted by Crippen LogP contribution is 2.60. The van der Waals surface area contributed by atoms with Gasteiger partial charge in [-0.05, 0) is 260 Å². The van der Waals surface area contributed by atoms with Crippen molar-refractivity contribution in [1.29, 1.82) is 0 Å². The smallest absolute Gasteiger partial charge is 0.128 e. The Morgan fingerprint density at radius 2 is 0.588 bits per heavy atom. The van der Waals surface area contributed by atoms with Crippen LogP contribution in [0.4, 0.5) is 60.5 Å². The lowest BCUT2D eigenvalue weighted by Gasteiger charge is -2.35. The van der Waals surface area contributed by atoms with Gasteiger partial charge in [-0.2, -0.15) is 0 Å². The highest BCUT2D eigenvalue weighted by molar-refractivity contribution is 5.92. The average molecular weight is 1340 g/mol. The fourth-order valence-corrected chi connectivity index (χ4v) is 15.0. The molecule has 2 atom stereocenters. The van der Waals surface area contributed by atoms with E-state index < -0.39 is 45.7 Å². The molecule has 102 heavy (non-hydrogen) atoms. The second-order valence-electron chi connectivity index (χ2n) is 25.8. The lowest BCUT2D eigenvalue weighted by Crippen LogP contribution is -2.29. The van der Waals surface area contributed by atoms with Crippen LogP contribution in [0.25, 0.3) is 45.5 Å². The SMILES string of the molecule is C=Cc1ccc(Oc2ccc(C3(c4cc(F)cc(F)c4)c4ccccc4-c4ccc(N(c5ccc(-c6ccc(N(c7ccc(C)c(F)c7)c7ccc8c(c7)C(c7ccc(Oc9ccc(C=C)cc9)cc7)(c7cc(F)cc(F)c7)c7ccccc7-8)cc6)cc5)c5ccc(C)c(F)c5)cc43)cc2)cc1. The predicted molar refractivity (Wildman–Crippen MR) is 398 cm³/mol. The number of halogens is 6. The minimum Gasteiger partial charge on any atom is -0.457 e. The summed E-state index contributed by atoms with van der Waals surface area (Å²) in [5, 5.41) is 0. The van der Waals surface area contributed by atoms with Crippen molar-refractivity contribution in [1.82, 2.24) is 0 Å². The van der Waals surface area contributed by atoms with Crippen molar-refractivity contribution in [2.75, 3.05) is 9.80 Å². The Morgan fingerprint density at radius 3 is 0.931 bits per heavy atom. The first kappa shape index (κ1) is 64.0. The van der Waals surface area contributed by atoms with Crippen LogP contribution < -0.4 is 19.3 Å². The molecule has 14 aromatic carbocycles. The number of hydrogen-bond donors (Lipinski definition) is 0. The molecule has 10 heteroatoms. The summed E-state index contributed by atoms with van der Waals surface area (Å²) < 4.78 is 108. The van der Waals surface area contributed by atoms with Crippen molar-refractivity contribution in [2.24, 2.45) is 0 Å². The van der Waals surface area contributed by atoms with Crippen LogP contribution in [0.15, 0.2) is 316 Å². The van der Waals surface area contributed by atoms with E-state index in [0.29, 0.717) is 79.4 Å². The minimum absolute atomic E-state index is 0.379. The van der Waals surface area contributed by atoms with Gasteiger partial charge in [0.05, 0.1) is 10.8 Å². The summed E-state index contributed by atoms with van der Waals surface area (Å²) in [7, 11) is 0. The summed E-state index contributed by atoms with van der Waals surface area (Å²) in [6.45, 7) is 11.2. The van der Waals surface area contributed by atoms with Crippen LogP contribution in [-0.2, 0) is 10.8 Å². The minimum atomic E-state index is -1.26. The third-order valence-corrected chi connectivity index (χ3v) is 19.9. The largest absolute Gasteiger partial charge is 0.457 e. The number of rotatable bonds is 17. The maximum Gasteiger partial charge on any atom is 0.128 e. The number of benzene rings is 14. The van der Waals surface area contributed by atoms with Gasteiger partial charge < -0.3 is 19.3 Å². The van der Waals surface area contributed by atoms with Gasteiger partial charge in [-0.1, -0.05) is 171 Å². The molecule has 0 radical (unpaired) electrons. The molecule has 2 aliphatic rings. The van der Waals surface area contributed by atoms with E-state index in [4.69, 9.17) is 9.47 Å². The summed E-state index contributed by atoms with van der Waals surface area (Å²) in [4.78, 5) is 3.96. The van der Waals surface area contributed by atoms with Crippen molar-refractivity contribution in [2.45, 2.75) is 24.7 Å². The molecule has 0 amide bonds. The van der Waals surface area contributed by atoms with Crippen LogP contribution in [0.1, 0.15) is 66.8 Å². The summed E-state index contributed by atoms with van der Waals surface area (Å²) in [6, 6.07) is 91.7. The van der Waals surface area contributed by atoms with E-state index in [1.807, 2.05) is 252 Å². The van der Waals surface area contributed by atoms with Gasteiger partial charge in [0.15, 0.2) is 0 Å². The van der Waals surface area contributed by atoms with Crippen LogP contribution >= 0.6 is 0 Å². The fraction of sp³-hybridized carbons (Fsp3) is 0.0435. The van der Waals surface area contributed by atoms with Crippen molar-refractivity contribution < 1.29 is 35.8 Å². The molecular weight excluding hydrogens is 1280 g/mol. The number of nitrogens with zero attached hydrogens (tertiary/aromatic N) is 2. The molecule has 0 saturated heterocycles. The zero-order valence-electron chi connectivity index (χ0n) is 55.4. The van der Waals surface area contributed by atoms with Gasteiger partial charge in [-0.15, -0.1) is 0 Å². The monoisotopic (exact) mass is 1340 g/mol. The van der Waals surface area contributed by atoms with Gasteiger partial charge in [-0.3, -0.25) is 0 Å². The lowest BCUT2D eigenvalue weighted by molar-refractivity contribution is 0.482. The number of aryl methyl sites for hydroxylation is 2. The molecular formula is C92H62F6N2O2. The quantitative estimate of drug-likeness (QED) is 0.0849. The first-order valence-corrected chi connectivity index (χ1v) is 33.4. The van der Waals surface area contributed by atoms with Crippen LogP contribution in [0, 0.1) is 48.8 Å². The van der Waals surface area contributed by atoms with E-state index >= 15 is 26.3 Å². The van der Waals surface area contributed by atoms with Gasteiger partial charge in [0.25, 0.3) is 0 Å². The van der Waals surface area contributed by atoms with Gasteiger partial charge >= 0.3 is 0 Å². The Labute approximate surface area is 587 Å². The van der Waals surface area contributed by atoms with Gasteiger partial charge in [0.1, 0.15) is 57.9 Å². The fourth-order valence-electron chi connectivity index (χ4n) is 15.0. The van der Waals surface area contributed by atoms with E-state index in [1.54, 1.807) is 38.1 Å². The first-order valence-electron chi connectivity index (χ1n) is 33.4. The van der Waals surface area contributed by atoms with E-state index in [2.05, 4.69) is 13.2 Å². The second kappa shape index (κ2) is 25.9. The van der Waals surface area contributed by atoms with Crippen molar-refractivity contribution in [3.8, 4) is 56.4 Å². The third-order valence-electron chi connectivity index (χ3n) is 19.9. The molecule has 0 spiro atoms. The van der Waals surface area contributed by atoms with E-state index in [0.717, 1.165) is 90.0 Å². The number of hydrogen-bond acceptors (Lipinski definition) is 4. The molecule has 4 nitrogen and oxygen atoms in total. The van der Waals surface area contributed by atoms with Gasteiger partial charge in [0, 0.05) is 46.3 Å². The standard InChI is InChI=1S/C92H62F6N2O2/c1-5-59-17-37-77(38-18-59)101-79-41-25-63(26-42-79)91(65-47-67(93)51-68(94)48-65)85-13-9-7-11-81(85)83-45-35-73(53-87(83)91)99(75-29-15-57(3)89(97)55-75)71-31-21-61(22-32-71)62-23-33-72(34-24-62)100(76-30-16-58(4)90(98)56-76)74-36-46-84-82-12-8-10-14-86(82)92(88(84)54-74,66-49-69(95)52-70(96)50-66)64-27-43-80(44-28-64)102-78-39-19-60(6-2)20-40-78/h5-56H,1-2H2,3-4H3. The average Bonchev–Trinajstić information content (AvgIpc) is 1.56. The van der Waals surface area contributed by atoms with Crippen LogP contribution in [0.2, 0.25) is 0 Å². The normalized spacial score (nSPS) is 14.6. The molecule has 0 fully saturated rings. The van der Waals surface area contributed by atoms with Crippen LogP contribution in [-0.4, -0.2) is 0 Å². The third kappa shape index (κ3) is 11.2. The first-order chi connectivity index (χ1) is 49.7. The van der Waals surface area contributed by atoms with E-state index in [-0.39, 0.29) is 0 Å². The molecule has 14 aromatic rings. The summed E-state index contributed by atoms with van der Waals surface area (Å²) in [5.41, 5.74) is 14.7. The second-order valence-corrected chi connectivity index (χ2v) is 25.8. The number of ether oxygens (including phenoxy) is 2. The Morgan fingerprint density at radius 1 is 0.284 bits per heavy atom. The summed E-state index contributed by atoms with van der Waals surface area (Å²) in [5.74, 6) is -1.34. The van der Waals surface area contributed by atoms with E-state index in [9.17, 15) is 0 Å². The lowest BCUT2D eigenvalue weighted by atomic mass is 9.67. The van der Waals surface area contributed by atoms with Crippen molar-refractivity contribution in [3.63, 3.8) is 0 Å². The Hall–Kier alpha value is -12.7. The van der Waals surface area contributed by atoms with Crippen molar-refractivity contribution >= 4 is 46.3 Å². The topological polar surface area (TPSA) is 24.9 Å². The molecule has 0 aliphatic heterocycles. The molecule has 16 rings (SSSR count). The molecule has 0 saturated carbocycles. The Bertz CT molecular complexity index is 5210. The summed E-state index contributed by atoms with van der Waals surface area (Å²) >= 11 is 0. The molecule has 0 heterocycles. The number of fused-ring (bicyclic) bond motifs is 6. The predicted octanol–water partition coefficient (Wildman–Crippen LogP) is 25.3. The highest BCUT2D eigenvalue weighted by atomic mass is 19.2. The molecule has 0 N–H and O–H groups in total. The Kier molecular flexibility index (Phi) is 16.3. The van der Waals surface area contributed by atoms with Gasteiger partial charge in [-0.25, -0.2) is 26.3 Å². The van der Waals surface area contributed by atoms with Crippen LogP contribution in [0.3, 0.4) is 0 Å². The van der Waals surface area contributed by atoms with Crippen LogP contribution in [0.5, 0.6) is 23.0 Å². The molecule has 494 valence electrons. The highest BCUT2D eigenvalue weighted by Gasteiger charge is 2.49. The van der Waals surface area contributed by atoms with Crippen molar-refractivity contribution in [3.05, 3.63) is 418 Å².